The highest BCUT2D eigenvalue weighted by Gasteiger charge is 2.37. The third-order valence-corrected chi connectivity index (χ3v) is 5.62. The van der Waals surface area contributed by atoms with E-state index in [0.29, 0.717) is 5.92 Å². The van der Waals surface area contributed by atoms with E-state index in [0.717, 1.165) is 36.4 Å². The lowest BCUT2D eigenvalue weighted by Gasteiger charge is -2.36. The number of aromatic nitrogens is 3. The molecule has 2 atom stereocenters. The van der Waals surface area contributed by atoms with E-state index in [-0.39, 0.29) is 18.1 Å². The molecule has 122 valence electrons. The maximum atomic E-state index is 12.9. The molecule has 0 unspecified atom stereocenters. The molecule has 1 saturated heterocycles. The van der Waals surface area contributed by atoms with Gasteiger partial charge in [0.15, 0.2) is 0 Å². The van der Waals surface area contributed by atoms with Crippen LogP contribution in [-0.2, 0) is 0 Å². The normalized spacial score (nSPS) is 22.8. The van der Waals surface area contributed by atoms with Gasteiger partial charge in [0.2, 0.25) is 0 Å². The fraction of sp³-hybridized carbons (Fsp3) is 0.562. The van der Waals surface area contributed by atoms with E-state index in [2.05, 4.69) is 20.5 Å². The molecule has 2 fully saturated rings. The van der Waals surface area contributed by atoms with Crippen LogP contribution in [0.2, 0.25) is 0 Å². The third-order valence-electron chi connectivity index (χ3n) is 4.76. The van der Waals surface area contributed by atoms with Crippen molar-refractivity contribution in [1.82, 2.24) is 25.4 Å². The minimum atomic E-state index is 0.0306. The zero-order valence-corrected chi connectivity index (χ0v) is 13.8. The lowest BCUT2D eigenvalue weighted by Crippen LogP contribution is -2.46. The number of H-pyrrole nitrogens is 1. The highest BCUT2D eigenvalue weighted by molar-refractivity contribution is 7.09. The second-order valence-corrected chi connectivity index (χ2v) is 7.30. The van der Waals surface area contributed by atoms with Crippen LogP contribution in [0.1, 0.15) is 54.8 Å². The molecule has 1 aliphatic heterocycles. The van der Waals surface area contributed by atoms with E-state index in [1.165, 1.54) is 12.8 Å². The van der Waals surface area contributed by atoms with E-state index in [9.17, 15) is 4.79 Å². The van der Waals surface area contributed by atoms with Gasteiger partial charge < -0.3 is 10.2 Å². The first-order valence-corrected chi connectivity index (χ1v) is 9.16. The van der Waals surface area contributed by atoms with Crippen LogP contribution in [-0.4, -0.2) is 32.7 Å². The van der Waals surface area contributed by atoms with Crippen LogP contribution < -0.4 is 5.32 Å². The van der Waals surface area contributed by atoms with Gasteiger partial charge in [-0.2, -0.15) is 5.10 Å². The number of amides is 2. The van der Waals surface area contributed by atoms with Gasteiger partial charge in [0.1, 0.15) is 5.01 Å². The number of carbonyl (C=O) groups excluding carboxylic acids is 1. The van der Waals surface area contributed by atoms with E-state index in [1.54, 1.807) is 11.3 Å². The minimum absolute atomic E-state index is 0.0306. The predicted octanol–water partition coefficient (Wildman–Crippen LogP) is 3.25. The Balaban J connectivity index is 1.50. The second kappa shape index (κ2) is 6.31. The summed E-state index contributed by atoms with van der Waals surface area (Å²) in [6.07, 6.45) is 11.1. The van der Waals surface area contributed by atoms with E-state index in [1.807, 2.05) is 28.9 Å². The van der Waals surface area contributed by atoms with Gasteiger partial charge in [-0.15, -0.1) is 11.3 Å². The fourth-order valence-electron chi connectivity index (χ4n) is 3.38. The van der Waals surface area contributed by atoms with Gasteiger partial charge in [-0.05, 0) is 38.0 Å². The summed E-state index contributed by atoms with van der Waals surface area (Å²) in [6, 6.07) is 0.219. The van der Waals surface area contributed by atoms with Crippen LogP contribution >= 0.6 is 11.3 Å². The van der Waals surface area contributed by atoms with Crippen molar-refractivity contribution in [3.05, 3.63) is 34.5 Å². The molecule has 2 aliphatic rings. The number of nitrogens with one attached hydrogen (secondary N) is 2. The fourth-order valence-corrected chi connectivity index (χ4v) is 4.16. The Morgan fingerprint density at radius 1 is 1.39 bits per heavy atom. The van der Waals surface area contributed by atoms with Gasteiger partial charge in [-0.1, -0.05) is 0 Å². The molecule has 2 amide bonds. The zero-order chi connectivity index (χ0) is 15.6. The first kappa shape index (κ1) is 14.7. The first-order valence-electron chi connectivity index (χ1n) is 8.28. The average Bonchev–Trinajstić information content (AvgIpc) is 3.06. The number of carbonyl (C=O) groups is 1. The van der Waals surface area contributed by atoms with Crippen LogP contribution in [0.4, 0.5) is 4.79 Å². The summed E-state index contributed by atoms with van der Waals surface area (Å²) >= 11 is 1.63. The molecule has 2 aromatic heterocycles. The maximum absolute atomic E-state index is 12.9. The Morgan fingerprint density at radius 2 is 2.30 bits per heavy atom. The lowest BCUT2D eigenvalue weighted by molar-refractivity contribution is 0.147. The molecule has 1 saturated carbocycles. The largest absolute Gasteiger partial charge is 0.328 e. The minimum Gasteiger partial charge on any atom is -0.328 e. The molecule has 6 nitrogen and oxygen atoms in total. The summed E-state index contributed by atoms with van der Waals surface area (Å²) in [5.74, 6) is 0.544. The number of hydrogen-bond acceptors (Lipinski definition) is 4. The van der Waals surface area contributed by atoms with Crippen LogP contribution in [0.3, 0.4) is 0 Å². The van der Waals surface area contributed by atoms with Crippen molar-refractivity contribution in [3.8, 4) is 0 Å². The summed E-state index contributed by atoms with van der Waals surface area (Å²) in [5, 5.41) is 13.2. The molecule has 2 N–H and O–H groups in total. The number of hydrogen-bond donors (Lipinski definition) is 2. The summed E-state index contributed by atoms with van der Waals surface area (Å²) in [5.41, 5.74) is 1.09. The smallest absolute Gasteiger partial charge is 0.318 e. The van der Waals surface area contributed by atoms with Crippen molar-refractivity contribution in [2.24, 2.45) is 5.92 Å². The first-order chi connectivity index (χ1) is 11.3. The van der Waals surface area contributed by atoms with Crippen LogP contribution in [0.15, 0.2) is 24.0 Å². The van der Waals surface area contributed by atoms with Gasteiger partial charge in [0.25, 0.3) is 0 Å². The second-order valence-electron chi connectivity index (χ2n) is 6.37. The summed E-state index contributed by atoms with van der Waals surface area (Å²) in [7, 11) is 0. The van der Waals surface area contributed by atoms with Crippen molar-refractivity contribution in [1.29, 1.82) is 0 Å². The van der Waals surface area contributed by atoms with Gasteiger partial charge in [-0.25, -0.2) is 9.78 Å². The average molecular weight is 331 g/mol. The molecule has 0 radical (unpaired) electrons. The summed E-state index contributed by atoms with van der Waals surface area (Å²) in [4.78, 5) is 19.3. The number of piperidine rings is 1. The summed E-state index contributed by atoms with van der Waals surface area (Å²) < 4.78 is 0. The van der Waals surface area contributed by atoms with Crippen molar-refractivity contribution >= 4 is 17.4 Å². The Kier molecular flexibility index (Phi) is 4.03. The summed E-state index contributed by atoms with van der Waals surface area (Å²) in [6.45, 7) is 0.803. The van der Waals surface area contributed by atoms with Crippen molar-refractivity contribution in [2.45, 2.75) is 44.2 Å². The zero-order valence-electron chi connectivity index (χ0n) is 12.9. The van der Waals surface area contributed by atoms with Crippen molar-refractivity contribution in [2.75, 3.05) is 6.54 Å². The standard InChI is InChI=1S/C16H21N5OS/c22-16(20-14(11-4-5-11)15-17-6-8-23-15)21-7-2-1-3-13(21)12-9-18-19-10-12/h6,8-11,13-14H,1-5,7H2,(H,18,19)(H,20,22)/t13-,14-/m0/s1. The Labute approximate surface area is 139 Å². The van der Waals surface area contributed by atoms with E-state index in [4.69, 9.17) is 0 Å². The third kappa shape index (κ3) is 3.10. The van der Waals surface area contributed by atoms with Gasteiger partial charge in [-0.3, -0.25) is 5.10 Å². The van der Waals surface area contributed by atoms with Crippen LogP contribution in [0.5, 0.6) is 0 Å². The van der Waals surface area contributed by atoms with Gasteiger partial charge in [0, 0.05) is 29.9 Å². The number of nitrogens with zero attached hydrogens (tertiary/aromatic N) is 3. The molecule has 2 aromatic rings. The molecule has 0 aromatic carbocycles. The van der Waals surface area contributed by atoms with Gasteiger partial charge in [0.05, 0.1) is 18.3 Å². The van der Waals surface area contributed by atoms with Crippen molar-refractivity contribution < 1.29 is 4.79 Å². The number of urea groups is 1. The highest BCUT2D eigenvalue weighted by Crippen LogP contribution is 2.42. The quantitative estimate of drug-likeness (QED) is 0.903. The van der Waals surface area contributed by atoms with Crippen molar-refractivity contribution in [3.63, 3.8) is 0 Å². The molecule has 23 heavy (non-hydrogen) atoms. The van der Waals surface area contributed by atoms with Gasteiger partial charge >= 0.3 is 6.03 Å². The van der Waals surface area contributed by atoms with E-state index >= 15 is 0 Å². The Bertz CT molecular complexity index is 637. The highest BCUT2D eigenvalue weighted by atomic mass is 32.1. The number of aromatic amines is 1. The number of rotatable bonds is 4. The Hall–Kier alpha value is -1.89. The van der Waals surface area contributed by atoms with E-state index < -0.39 is 0 Å². The number of thiazole rings is 1. The molecule has 3 heterocycles. The molecule has 4 rings (SSSR count). The molecule has 7 heteroatoms. The number of likely N-dealkylation sites (tertiary alicyclic amines) is 1. The topological polar surface area (TPSA) is 73.9 Å². The monoisotopic (exact) mass is 331 g/mol. The SMILES string of the molecule is O=C(N[C@H](c1nccs1)C1CC1)N1CCCC[C@H]1c1cn[nH]c1. The predicted molar refractivity (Wildman–Crippen MR) is 88.0 cm³/mol. The van der Waals surface area contributed by atoms with Crippen LogP contribution in [0, 0.1) is 5.92 Å². The molecule has 0 spiro atoms. The lowest BCUT2D eigenvalue weighted by atomic mass is 9.98. The maximum Gasteiger partial charge on any atom is 0.318 e. The molecule has 0 bridgehead atoms. The Morgan fingerprint density at radius 3 is 3.00 bits per heavy atom. The molecular weight excluding hydrogens is 310 g/mol. The van der Waals surface area contributed by atoms with Crippen LogP contribution in [0.25, 0.3) is 0 Å². The molecular formula is C16H21N5OS. The molecule has 1 aliphatic carbocycles.